The minimum absolute atomic E-state index is 0.108. The smallest absolute Gasteiger partial charge is 0.243 e. The molecule has 0 aliphatic heterocycles. The molecule has 132 valence electrons. The van der Waals surface area contributed by atoms with Gasteiger partial charge in [-0.05, 0) is 35.9 Å². The molecule has 4 aromatic rings. The number of benzene rings is 3. The Kier molecular flexibility index (Phi) is 3.94. The summed E-state index contributed by atoms with van der Waals surface area (Å²) in [5, 5.41) is 11.4. The minimum Gasteiger partial charge on any atom is -0.508 e. The van der Waals surface area contributed by atoms with Crippen molar-refractivity contribution in [2.45, 2.75) is 11.4 Å². The molecule has 5 nitrogen and oxygen atoms in total. The van der Waals surface area contributed by atoms with Crippen molar-refractivity contribution in [1.82, 2.24) is 4.31 Å². The van der Waals surface area contributed by atoms with Crippen LogP contribution in [0.15, 0.2) is 76.0 Å². The SMILES string of the molecule is CN(Cc1cccc(O)c1)S(=O)(=O)c1ccc2c(c1)oc1ccccc12. The fourth-order valence-electron chi connectivity index (χ4n) is 3.04. The van der Waals surface area contributed by atoms with Crippen molar-refractivity contribution in [3.05, 3.63) is 72.3 Å². The van der Waals surface area contributed by atoms with E-state index < -0.39 is 10.0 Å². The van der Waals surface area contributed by atoms with Gasteiger partial charge in [0.1, 0.15) is 16.9 Å². The van der Waals surface area contributed by atoms with Gasteiger partial charge in [-0.2, -0.15) is 4.31 Å². The Morgan fingerprint density at radius 3 is 2.50 bits per heavy atom. The summed E-state index contributed by atoms with van der Waals surface area (Å²) >= 11 is 0. The highest BCUT2D eigenvalue weighted by Crippen LogP contribution is 2.31. The Morgan fingerprint density at radius 2 is 1.69 bits per heavy atom. The largest absolute Gasteiger partial charge is 0.508 e. The van der Waals surface area contributed by atoms with E-state index in [-0.39, 0.29) is 17.2 Å². The standard InChI is InChI=1S/C20H17NO4S/c1-21(13-14-5-4-6-15(22)11-14)26(23,24)16-9-10-18-17-7-2-3-8-19(17)25-20(18)12-16/h2-12,22H,13H2,1H3. The quantitative estimate of drug-likeness (QED) is 0.589. The van der Waals surface area contributed by atoms with E-state index in [1.807, 2.05) is 24.3 Å². The molecule has 1 heterocycles. The summed E-state index contributed by atoms with van der Waals surface area (Å²) in [6.07, 6.45) is 0. The van der Waals surface area contributed by atoms with Gasteiger partial charge in [-0.3, -0.25) is 0 Å². The molecule has 0 fully saturated rings. The number of fused-ring (bicyclic) bond motifs is 3. The lowest BCUT2D eigenvalue weighted by atomic mass is 10.2. The number of phenols is 1. The number of aromatic hydroxyl groups is 1. The van der Waals surface area contributed by atoms with Crippen LogP contribution in [0, 0.1) is 0 Å². The maximum Gasteiger partial charge on any atom is 0.243 e. The van der Waals surface area contributed by atoms with E-state index in [0.717, 1.165) is 16.4 Å². The summed E-state index contributed by atoms with van der Waals surface area (Å²) in [5.74, 6) is 0.108. The van der Waals surface area contributed by atoms with Gasteiger partial charge >= 0.3 is 0 Å². The maximum atomic E-state index is 12.9. The highest BCUT2D eigenvalue weighted by atomic mass is 32.2. The number of nitrogens with zero attached hydrogens (tertiary/aromatic N) is 1. The monoisotopic (exact) mass is 367 g/mol. The van der Waals surface area contributed by atoms with Crippen LogP contribution in [0.25, 0.3) is 21.9 Å². The number of furan rings is 1. The molecule has 0 bridgehead atoms. The van der Waals surface area contributed by atoms with Gasteiger partial charge in [-0.15, -0.1) is 0 Å². The normalized spacial score (nSPS) is 12.2. The zero-order valence-corrected chi connectivity index (χ0v) is 14.9. The number of phenolic OH excluding ortho intramolecular Hbond substituents is 1. The van der Waals surface area contributed by atoms with Crippen molar-refractivity contribution in [2.75, 3.05) is 7.05 Å². The summed E-state index contributed by atoms with van der Waals surface area (Å²) in [7, 11) is -2.17. The molecule has 6 heteroatoms. The molecule has 0 atom stereocenters. The fraction of sp³-hybridized carbons (Fsp3) is 0.100. The van der Waals surface area contributed by atoms with Crippen LogP contribution in [0.1, 0.15) is 5.56 Å². The Hall–Kier alpha value is -2.83. The summed E-state index contributed by atoms with van der Waals surface area (Å²) in [6.45, 7) is 0.162. The first-order valence-electron chi connectivity index (χ1n) is 8.11. The summed E-state index contributed by atoms with van der Waals surface area (Å²) in [5.41, 5.74) is 1.98. The van der Waals surface area contributed by atoms with Gasteiger partial charge < -0.3 is 9.52 Å². The predicted octanol–water partition coefficient (Wildman–Crippen LogP) is 4.11. The van der Waals surface area contributed by atoms with E-state index in [9.17, 15) is 13.5 Å². The molecule has 0 spiro atoms. The van der Waals surface area contributed by atoms with Crippen molar-refractivity contribution in [3.8, 4) is 5.75 Å². The average Bonchev–Trinajstić information content (AvgIpc) is 2.99. The molecule has 0 aliphatic rings. The molecule has 0 saturated heterocycles. The molecule has 0 unspecified atom stereocenters. The first kappa shape index (κ1) is 16.6. The van der Waals surface area contributed by atoms with Crippen molar-refractivity contribution in [1.29, 1.82) is 0 Å². The number of hydrogen-bond donors (Lipinski definition) is 1. The molecule has 0 amide bonds. The Labute approximate surface area is 151 Å². The molecule has 0 radical (unpaired) electrons. The van der Waals surface area contributed by atoms with Gasteiger partial charge in [-0.25, -0.2) is 8.42 Å². The van der Waals surface area contributed by atoms with Crippen molar-refractivity contribution in [3.63, 3.8) is 0 Å². The van der Waals surface area contributed by atoms with Crippen LogP contribution in [0.2, 0.25) is 0 Å². The highest BCUT2D eigenvalue weighted by molar-refractivity contribution is 7.89. The van der Waals surface area contributed by atoms with Crippen LogP contribution in [-0.2, 0) is 16.6 Å². The Balaban J connectivity index is 1.71. The van der Waals surface area contributed by atoms with Gasteiger partial charge in [0.05, 0.1) is 4.90 Å². The van der Waals surface area contributed by atoms with Gasteiger partial charge in [0.25, 0.3) is 0 Å². The number of hydrogen-bond acceptors (Lipinski definition) is 4. The van der Waals surface area contributed by atoms with Gasteiger partial charge in [0.2, 0.25) is 10.0 Å². The lowest BCUT2D eigenvalue weighted by Crippen LogP contribution is -2.26. The zero-order valence-electron chi connectivity index (χ0n) is 14.1. The van der Waals surface area contributed by atoms with E-state index >= 15 is 0 Å². The summed E-state index contributed by atoms with van der Waals surface area (Å²) in [6, 6.07) is 19.1. The van der Waals surface area contributed by atoms with Crippen LogP contribution in [0.5, 0.6) is 5.75 Å². The fourth-order valence-corrected chi connectivity index (χ4v) is 4.22. The highest BCUT2D eigenvalue weighted by Gasteiger charge is 2.22. The van der Waals surface area contributed by atoms with Gasteiger partial charge in [-0.1, -0.05) is 30.3 Å². The molecular weight excluding hydrogens is 350 g/mol. The van der Waals surface area contributed by atoms with Gasteiger partial charge in [0, 0.05) is 30.4 Å². The predicted molar refractivity (Wildman–Crippen MR) is 100 cm³/mol. The van der Waals surface area contributed by atoms with Crippen LogP contribution < -0.4 is 0 Å². The third kappa shape index (κ3) is 2.83. The van der Waals surface area contributed by atoms with E-state index in [2.05, 4.69) is 0 Å². The number of sulfonamides is 1. The molecule has 0 aliphatic carbocycles. The van der Waals surface area contributed by atoms with Crippen molar-refractivity contribution in [2.24, 2.45) is 0 Å². The second kappa shape index (κ2) is 6.16. The van der Waals surface area contributed by atoms with Crippen LogP contribution in [0.4, 0.5) is 0 Å². The van der Waals surface area contributed by atoms with Crippen LogP contribution in [-0.4, -0.2) is 24.9 Å². The van der Waals surface area contributed by atoms with Crippen molar-refractivity contribution < 1.29 is 17.9 Å². The lowest BCUT2D eigenvalue weighted by molar-refractivity contribution is 0.458. The van der Waals surface area contributed by atoms with Gasteiger partial charge in [0.15, 0.2) is 0 Å². The molecule has 0 saturated carbocycles. The zero-order chi connectivity index (χ0) is 18.3. The maximum absolute atomic E-state index is 12.9. The lowest BCUT2D eigenvalue weighted by Gasteiger charge is -2.17. The first-order valence-corrected chi connectivity index (χ1v) is 9.55. The second-order valence-corrected chi connectivity index (χ2v) is 8.23. The number of rotatable bonds is 4. The van der Waals surface area contributed by atoms with E-state index in [0.29, 0.717) is 11.1 Å². The Bertz CT molecular complexity index is 1210. The molecule has 4 rings (SSSR count). The molecule has 26 heavy (non-hydrogen) atoms. The van der Waals surface area contributed by atoms with E-state index in [1.165, 1.54) is 11.4 Å². The van der Waals surface area contributed by atoms with E-state index in [4.69, 9.17) is 4.42 Å². The van der Waals surface area contributed by atoms with Crippen molar-refractivity contribution >= 4 is 32.0 Å². The minimum atomic E-state index is -3.69. The summed E-state index contributed by atoms with van der Waals surface area (Å²) < 4.78 is 32.8. The number of para-hydroxylation sites is 1. The second-order valence-electron chi connectivity index (χ2n) is 6.19. The topological polar surface area (TPSA) is 70.8 Å². The van der Waals surface area contributed by atoms with Crippen LogP contribution >= 0.6 is 0 Å². The first-order chi connectivity index (χ1) is 12.4. The third-order valence-electron chi connectivity index (χ3n) is 4.37. The molecule has 3 aromatic carbocycles. The van der Waals surface area contributed by atoms with E-state index in [1.54, 1.807) is 42.5 Å². The molecule has 1 aromatic heterocycles. The third-order valence-corrected chi connectivity index (χ3v) is 6.17. The average molecular weight is 367 g/mol. The molecule has 1 N–H and O–H groups in total. The Morgan fingerprint density at radius 1 is 0.923 bits per heavy atom. The molecular formula is C20H17NO4S. The summed E-state index contributed by atoms with van der Waals surface area (Å²) in [4.78, 5) is 0.173. The van der Waals surface area contributed by atoms with Crippen LogP contribution in [0.3, 0.4) is 0 Å².